The van der Waals surface area contributed by atoms with Crippen LogP contribution in [-0.2, 0) is 11.2 Å². The number of carbonyl (C=O) groups is 1. The van der Waals surface area contributed by atoms with Gasteiger partial charge in [-0.2, -0.15) is 4.98 Å². The first-order chi connectivity index (χ1) is 12.1. The minimum absolute atomic E-state index is 0.167. The largest absolute Gasteiger partial charge is 0.343 e. The van der Waals surface area contributed by atoms with Crippen LogP contribution in [0.1, 0.15) is 45.4 Å². The quantitative estimate of drug-likeness (QED) is 0.830. The SMILES string of the molecule is CC(C)C1CCCN(C(=O)CCc2nc(-c3ncccn3)no2)CC1. The van der Waals surface area contributed by atoms with Crippen molar-refractivity contribution in [1.82, 2.24) is 25.0 Å². The zero-order valence-electron chi connectivity index (χ0n) is 14.9. The summed E-state index contributed by atoms with van der Waals surface area (Å²) < 4.78 is 5.22. The summed E-state index contributed by atoms with van der Waals surface area (Å²) in [4.78, 5) is 26.9. The van der Waals surface area contributed by atoms with Crippen molar-refractivity contribution in [2.75, 3.05) is 13.1 Å². The highest BCUT2D eigenvalue weighted by molar-refractivity contribution is 5.76. The maximum atomic E-state index is 12.5. The molecule has 0 saturated carbocycles. The molecule has 3 heterocycles. The van der Waals surface area contributed by atoms with Gasteiger partial charge in [0, 0.05) is 38.3 Å². The van der Waals surface area contributed by atoms with E-state index in [0.29, 0.717) is 36.3 Å². The summed E-state index contributed by atoms with van der Waals surface area (Å²) in [6.45, 7) is 6.25. The van der Waals surface area contributed by atoms with E-state index in [1.165, 1.54) is 6.42 Å². The van der Waals surface area contributed by atoms with Crippen LogP contribution in [0, 0.1) is 11.8 Å². The molecule has 0 spiro atoms. The summed E-state index contributed by atoms with van der Waals surface area (Å²) in [6.07, 6.45) is 7.50. The van der Waals surface area contributed by atoms with E-state index in [4.69, 9.17) is 4.52 Å². The molecule has 2 aromatic rings. The average Bonchev–Trinajstić information content (AvgIpc) is 2.95. The van der Waals surface area contributed by atoms with Crippen molar-refractivity contribution in [3.8, 4) is 11.6 Å². The number of rotatable bonds is 5. The molecule has 1 unspecified atom stereocenters. The molecule has 25 heavy (non-hydrogen) atoms. The monoisotopic (exact) mass is 343 g/mol. The molecule has 1 fully saturated rings. The summed E-state index contributed by atoms with van der Waals surface area (Å²) in [5.74, 6) is 2.81. The van der Waals surface area contributed by atoms with Gasteiger partial charge in [-0.05, 0) is 37.2 Å². The fourth-order valence-electron chi connectivity index (χ4n) is 3.27. The minimum Gasteiger partial charge on any atom is -0.343 e. The molecule has 0 aliphatic carbocycles. The highest BCUT2D eigenvalue weighted by Gasteiger charge is 2.22. The summed E-state index contributed by atoms with van der Waals surface area (Å²) in [6, 6.07) is 1.73. The summed E-state index contributed by atoms with van der Waals surface area (Å²) >= 11 is 0. The lowest BCUT2D eigenvalue weighted by molar-refractivity contribution is -0.131. The third kappa shape index (κ3) is 4.61. The van der Waals surface area contributed by atoms with Crippen molar-refractivity contribution < 1.29 is 9.32 Å². The van der Waals surface area contributed by atoms with Crippen molar-refractivity contribution in [3.63, 3.8) is 0 Å². The second-order valence-corrected chi connectivity index (χ2v) is 6.90. The molecule has 1 aliphatic heterocycles. The molecule has 3 rings (SSSR count). The molecule has 0 aromatic carbocycles. The molecule has 1 amide bonds. The molecule has 7 nitrogen and oxygen atoms in total. The Balaban J connectivity index is 1.52. The van der Waals surface area contributed by atoms with E-state index in [9.17, 15) is 4.79 Å². The molecule has 1 aliphatic rings. The van der Waals surface area contributed by atoms with Gasteiger partial charge in [-0.1, -0.05) is 19.0 Å². The first-order valence-corrected chi connectivity index (χ1v) is 9.01. The molecule has 2 aromatic heterocycles. The number of aromatic nitrogens is 4. The Bertz CT molecular complexity index is 686. The lowest BCUT2D eigenvalue weighted by Gasteiger charge is -2.21. The van der Waals surface area contributed by atoms with Crippen LogP contribution in [0.3, 0.4) is 0 Å². The Morgan fingerprint density at radius 1 is 1.24 bits per heavy atom. The number of hydrogen-bond donors (Lipinski definition) is 0. The number of nitrogens with zero attached hydrogens (tertiary/aromatic N) is 5. The zero-order chi connectivity index (χ0) is 17.6. The van der Waals surface area contributed by atoms with E-state index in [1.54, 1.807) is 18.5 Å². The van der Waals surface area contributed by atoms with E-state index in [2.05, 4.69) is 34.0 Å². The van der Waals surface area contributed by atoms with Crippen molar-refractivity contribution in [3.05, 3.63) is 24.4 Å². The molecule has 1 atom stereocenters. The third-order valence-corrected chi connectivity index (χ3v) is 4.85. The molecule has 0 radical (unpaired) electrons. The topological polar surface area (TPSA) is 85.0 Å². The van der Waals surface area contributed by atoms with Gasteiger partial charge in [0.15, 0.2) is 0 Å². The van der Waals surface area contributed by atoms with E-state index >= 15 is 0 Å². The first-order valence-electron chi connectivity index (χ1n) is 9.01. The number of amides is 1. The van der Waals surface area contributed by atoms with Crippen LogP contribution in [0.4, 0.5) is 0 Å². The summed E-state index contributed by atoms with van der Waals surface area (Å²) in [5, 5.41) is 3.89. The van der Waals surface area contributed by atoms with Gasteiger partial charge in [0.1, 0.15) is 0 Å². The Morgan fingerprint density at radius 2 is 2.04 bits per heavy atom. The standard InChI is InChI=1S/C18H25N5O2/c1-13(2)14-5-3-11-23(12-8-14)16(24)7-6-15-21-18(22-25-15)17-19-9-4-10-20-17/h4,9-10,13-14H,3,5-8,11-12H2,1-2H3. The number of carbonyl (C=O) groups excluding carboxylic acids is 1. The minimum atomic E-state index is 0.167. The van der Waals surface area contributed by atoms with Gasteiger partial charge < -0.3 is 9.42 Å². The fraction of sp³-hybridized carbons (Fsp3) is 0.611. The summed E-state index contributed by atoms with van der Waals surface area (Å²) in [7, 11) is 0. The molecule has 7 heteroatoms. The van der Waals surface area contributed by atoms with Gasteiger partial charge in [0.05, 0.1) is 0 Å². The van der Waals surface area contributed by atoms with Gasteiger partial charge in [0.2, 0.25) is 23.4 Å². The summed E-state index contributed by atoms with van der Waals surface area (Å²) in [5.41, 5.74) is 0. The van der Waals surface area contributed by atoms with Crippen LogP contribution in [0.15, 0.2) is 23.0 Å². The van der Waals surface area contributed by atoms with Crippen LogP contribution >= 0.6 is 0 Å². The van der Waals surface area contributed by atoms with Gasteiger partial charge in [0.25, 0.3) is 0 Å². The number of hydrogen-bond acceptors (Lipinski definition) is 6. The second-order valence-electron chi connectivity index (χ2n) is 6.90. The number of aryl methyl sites for hydroxylation is 1. The van der Waals surface area contributed by atoms with Gasteiger partial charge in [-0.15, -0.1) is 0 Å². The van der Waals surface area contributed by atoms with E-state index < -0.39 is 0 Å². The van der Waals surface area contributed by atoms with Crippen LogP contribution in [-0.4, -0.2) is 44.0 Å². The molecule has 0 N–H and O–H groups in total. The molecular weight excluding hydrogens is 318 g/mol. The van der Waals surface area contributed by atoms with E-state index in [1.807, 2.05) is 4.90 Å². The molecular formula is C18H25N5O2. The van der Waals surface area contributed by atoms with Crippen molar-refractivity contribution >= 4 is 5.91 Å². The average molecular weight is 343 g/mol. The predicted molar refractivity (Wildman–Crippen MR) is 92.4 cm³/mol. The Kier molecular flexibility index (Phi) is 5.73. The van der Waals surface area contributed by atoms with Crippen LogP contribution in [0.5, 0.6) is 0 Å². The zero-order valence-corrected chi connectivity index (χ0v) is 14.9. The lowest BCUT2D eigenvalue weighted by atomic mass is 9.89. The molecule has 0 bridgehead atoms. The van der Waals surface area contributed by atoms with Gasteiger partial charge in [-0.3, -0.25) is 4.79 Å². The fourth-order valence-corrected chi connectivity index (χ4v) is 3.27. The van der Waals surface area contributed by atoms with Crippen molar-refractivity contribution in [2.45, 2.75) is 46.0 Å². The molecule has 134 valence electrons. The highest BCUT2D eigenvalue weighted by atomic mass is 16.5. The van der Waals surface area contributed by atoms with Gasteiger partial charge in [-0.25, -0.2) is 9.97 Å². The van der Waals surface area contributed by atoms with Crippen LogP contribution < -0.4 is 0 Å². The lowest BCUT2D eigenvalue weighted by Crippen LogP contribution is -2.32. The van der Waals surface area contributed by atoms with Gasteiger partial charge >= 0.3 is 0 Å². The van der Waals surface area contributed by atoms with E-state index in [-0.39, 0.29) is 5.91 Å². The third-order valence-electron chi connectivity index (χ3n) is 4.85. The first kappa shape index (κ1) is 17.5. The number of likely N-dealkylation sites (tertiary alicyclic amines) is 1. The normalized spacial score (nSPS) is 18.4. The Hall–Kier alpha value is -2.31. The Labute approximate surface area is 147 Å². The maximum Gasteiger partial charge on any atom is 0.240 e. The predicted octanol–water partition coefficient (Wildman–Crippen LogP) is 2.74. The second kappa shape index (κ2) is 8.18. The van der Waals surface area contributed by atoms with E-state index in [0.717, 1.165) is 31.8 Å². The van der Waals surface area contributed by atoms with Crippen molar-refractivity contribution in [1.29, 1.82) is 0 Å². The maximum absolute atomic E-state index is 12.5. The van der Waals surface area contributed by atoms with Crippen LogP contribution in [0.2, 0.25) is 0 Å². The molecule has 1 saturated heterocycles. The van der Waals surface area contributed by atoms with Crippen LogP contribution in [0.25, 0.3) is 11.6 Å². The Morgan fingerprint density at radius 3 is 2.80 bits per heavy atom. The van der Waals surface area contributed by atoms with Crippen molar-refractivity contribution in [2.24, 2.45) is 11.8 Å². The smallest absolute Gasteiger partial charge is 0.240 e. The highest BCUT2D eigenvalue weighted by Crippen LogP contribution is 2.25.